The maximum atomic E-state index is 11.8. The van der Waals surface area contributed by atoms with Crippen molar-refractivity contribution >= 4 is 5.97 Å². The van der Waals surface area contributed by atoms with Gasteiger partial charge in [-0.1, -0.05) is 0 Å². The fraction of sp³-hybridized carbons (Fsp3) is 0.923. The van der Waals surface area contributed by atoms with Crippen LogP contribution in [-0.4, -0.2) is 44.3 Å². The van der Waals surface area contributed by atoms with Crippen molar-refractivity contribution in [2.75, 3.05) is 20.3 Å². The van der Waals surface area contributed by atoms with Crippen molar-refractivity contribution in [2.24, 2.45) is 0 Å². The van der Waals surface area contributed by atoms with Crippen LogP contribution in [0.15, 0.2) is 0 Å². The van der Waals surface area contributed by atoms with Crippen LogP contribution < -0.4 is 5.32 Å². The normalized spacial score (nSPS) is 18.4. The monoisotopic (exact) mass is 279 g/mol. The number of alkyl halides is 2. The second kappa shape index (κ2) is 7.75. The molecular formula is C13H23F2NO3. The Bertz CT molecular complexity index is 285. The highest BCUT2D eigenvalue weighted by Crippen LogP contribution is 2.26. The first kappa shape index (κ1) is 16.3. The quantitative estimate of drug-likeness (QED) is 0.491. The first-order chi connectivity index (χ1) is 8.98. The Morgan fingerprint density at radius 2 is 2.11 bits per heavy atom. The molecule has 0 heterocycles. The van der Waals surface area contributed by atoms with Crippen LogP contribution in [0.25, 0.3) is 0 Å². The van der Waals surface area contributed by atoms with Crippen LogP contribution in [0.2, 0.25) is 0 Å². The van der Waals surface area contributed by atoms with Crippen molar-refractivity contribution in [3.05, 3.63) is 0 Å². The average molecular weight is 279 g/mol. The van der Waals surface area contributed by atoms with Crippen LogP contribution in [0.4, 0.5) is 8.78 Å². The van der Waals surface area contributed by atoms with Gasteiger partial charge in [-0.15, -0.1) is 0 Å². The van der Waals surface area contributed by atoms with E-state index in [4.69, 9.17) is 9.47 Å². The lowest BCUT2D eigenvalue weighted by Gasteiger charge is -2.28. The zero-order chi connectivity index (χ0) is 14.3. The highest BCUT2D eigenvalue weighted by atomic mass is 19.3. The third-order valence-electron chi connectivity index (χ3n) is 3.20. The SMILES string of the molecule is COC(=O)C(C)(CCCCOCC(F)F)NC1CC1. The summed E-state index contributed by atoms with van der Waals surface area (Å²) in [6, 6.07) is 0.402. The molecule has 0 aromatic rings. The molecule has 1 N–H and O–H groups in total. The van der Waals surface area contributed by atoms with E-state index in [1.54, 1.807) is 0 Å². The number of nitrogens with one attached hydrogen (secondary N) is 1. The summed E-state index contributed by atoms with van der Waals surface area (Å²) in [7, 11) is 1.38. The van der Waals surface area contributed by atoms with Crippen LogP contribution in [0.5, 0.6) is 0 Å². The minimum atomic E-state index is -2.42. The third kappa shape index (κ3) is 6.29. The van der Waals surface area contributed by atoms with E-state index >= 15 is 0 Å². The van der Waals surface area contributed by atoms with Gasteiger partial charge in [0.2, 0.25) is 0 Å². The van der Waals surface area contributed by atoms with E-state index in [2.05, 4.69) is 5.32 Å². The lowest BCUT2D eigenvalue weighted by atomic mass is 9.94. The maximum absolute atomic E-state index is 11.8. The lowest BCUT2D eigenvalue weighted by Crippen LogP contribution is -2.51. The molecule has 1 aliphatic carbocycles. The number of methoxy groups -OCH3 is 1. The fourth-order valence-electron chi connectivity index (χ4n) is 1.99. The molecule has 0 spiro atoms. The van der Waals surface area contributed by atoms with Crippen molar-refractivity contribution in [2.45, 2.75) is 57.0 Å². The van der Waals surface area contributed by atoms with Gasteiger partial charge in [-0.25, -0.2) is 8.78 Å². The molecule has 1 rings (SSSR count). The molecule has 0 aromatic heterocycles. The molecule has 0 bridgehead atoms. The van der Waals surface area contributed by atoms with Gasteiger partial charge in [-0.2, -0.15) is 0 Å². The number of ether oxygens (including phenoxy) is 2. The Kier molecular flexibility index (Phi) is 6.65. The van der Waals surface area contributed by atoms with Gasteiger partial charge in [0.25, 0.3) is 6.43 Å². The number of esters is 1. The Hall–Kier alpha value is -0.750. The Morgan fingerprint density at radius 1 is 1.42 bits per heavy atom. The molecule has 0 saturated heterocycles. The van der Waals surface area contributed by atoms with Crippen molar-refractivity contribution in [1.29, 1.82) is 0 Å². The Labute approximate surface area is 112 Å². The third-order valence-corrected chi connectivity index (χ3v) is 3.20. The topological polar surface area (TPSA) is 47.6 Å². The van der Waals surface area contributed by atoms with Gasteiger partial charge in [-0.3, -0.25) is 10.1 Å². The second-order valence-corrected chi connectivity index (χ2v) is 5.17. The molecular weight excluding hydrogens is 256 g/mol. The van der Waals surface area contributed by atoms with E-state index in [9.17, 15) is 13.6 Å². The van der Waals surface area contributed by atoms with Crippen molar-refractivity contribution in [3.63, 3.8) is 0 Å². The molecule has 19 heavy (non-hydrogen) atoms. The molecule has 1 atom stereocenters. The van der Waals surface area contributed by atoms with Gasteiger partial charge < -0.3 is 9.47 Å². The zero-order valence-corrected chi connectivity index (χ0v) is 11.6. The number of hydrogen-bond donors (Lipinski definition) is 1. The molecule has 0 aromatic carbocycles. The molecule has 0 radical (unpaired) electrons. The molecule has 6 heteroatoms. The lowest BCUT2D eigenvalue weighted by molar-refractivity contribution is -0.148. The van der Waals surface area contributed by atoms with Crippen molar-refractivity contribution in [3.8, 4) is 0 Å². The standard InChI is InChI=1S/C13H23F2NO3/c1-13(12(17)18-2,16-10-5-6-10)7-3-4-8-19-9-11(14)15/h10-11,16H,3-9H2,1-2H3. The summed E-state index contributed by atoms with van der Waals surface area (Å²) in [6.07, 6.45) is 1.76. The van der Waals surface area contributed by atoms with Gasteiger partial charge in [0.15, 0.2) is 0 Å². The van der Waals surface area contributed by atoms with E-state index in [1.165, 1.54) is 7.11 Å². The van der Waals surface area contributed by atoms with Crippen molar-refractivity contribution in [1.82, 2.24) is 5.32 Å². The minimum Gasteiger partial charge on any atom is -0.468 e. The number of unbranched alkanes of at least 4 members (excludes halogenated alkanes) is 1. The van der Waals surface area contributed by atoms with Crippen LogP contribution >= 0.6 is 0 Å². The summed E-state index contributed by atoms with van der Waals surface area (Å²) in [5, 5.41) is 3.29. The van der Waals surface area contributed by atoms with Crippen LogP contribution in [0.1, 0.15) is 39.0 Å². The Morgan fingerprint density at radius 3 is 2.63 bits per heavy atom. The molecule has 4 nitrogen and oxygen atoms in total. The average Bonchev–Trinajstić information content (AvgIpc) is 3.15. The highest BCUT2D eigenvalue weighted by molar-refractivity contribution is 5.80. The van der Waals surface area contributed by atoms with Gasteiger partial charge >= 0.3 is 5.97 Å². The minimum absolute atomic E-state index is 0.270. The first-order valence-corrected chi connectivity index (χ1v) is 6.70. The fourth-order valence-corrected chi connectivity index (χ4v) is 1.99. The zero-order valence-electron chi connectivity index (χ0n) is 11.6. The molecule has 1 saturated carbocycles. The van der Waals surface area contributed by atoms with E-state index in [0.29, 0.717) is 25.5 Å². The van der Waals surface area contributed by atoms with Gasteiger partial charge in [-0.05, 0) is 39.0 Å². The van der Waals surface area contributed by atoms with Crippen LogP contribution in [0, 0.1) is 0 Å². The predicted molar refractivity (Wildman–Crippen MR) is 67.3 cm³/mol. The predicted octanol–water partition coefficient (Wildman–Crippen LogP) is 2.12. The van der Waals surface area contributed by atoms with Crippen molar-refractivity contribution < 1.29 is 23.0 Å². The summed E-state index contributed by atoms with van der Waals surface area (Å²) in [6.45, 7) is 1.61. The smallest absolute Gasteiger partial charge is 0.325 e. The maximum Gasteiger partial charge on any atom is 0.325 e. The molecule has 1 unspecified atom stereocenters. The number of hydrogen-bond acceptors (Lipinski definition) is 4. The second-order valence-electron chi connectivity index (χ2n) is 5.17. The van der Waals surface area contributed by atoms with Gasteiger partial charge in [0, 0.05) is 12.6 Å². The molecule has 0 aliphatic heterocycles. The van der Waals surface area contributed by atoms with Gasteiger partial charge in [0.1, 0.15) is 12.1 Å². The summed E-state index contributed by atoms with van der Waals surface area (Å²) >= 11 is 0. The van der Waals surface area contributed by atoms with E-state index < -0.39 is 18.6 Å². The summed E-state index contributed by atoms with van der Waals surface area (Å²) in [4.78, 5) is 11.8. The summed E-state index contributed by atoms with van der Waals surface area (Å²) in [5.74, 6) is -0.270. The number of carbonyl (C=O) groups is 1. The molecule has 1 fully saturated rings. The van der Waals surface area contributed by atoms with E-state index in [1.807, 2.05) is 6.92 Å². The van der Waals surface area contributed by atoms with Crippen LogP contribution in [0.3, 0.4) is 0 Å². The molecule has 1 aliphatic rings. The molecule has 0 amide bonds. The number of carbonyl (C=O) groups excluding carboxylic acids is 1. The van der Waals surface area contributed by atoms with Crippen LogP contribution in [-0.2, 0) is 14.3 Å². The summed E-state index contributed by atoms with van der Waals surface area (Å²) < 4.78 is 33.3. The van der Waals surface area contributed by atoms with E-state index in [0.717, 1.165) is 19.3 Å². The Balaban J connectivity index is 2.22. The number of halogens is 2. The molecule has 112 valence electrons. The first-order valence-electron chi connectivity index (χ1n) is 6.70. The number of rotatable bonds is 10. The highest BCUT2D eigenvalue weighted by Gasteiger charge is 2.38. The van der Waals surface area contributed by atoms with Gasteiger partial charge in [0.05, 0.1) is 7.11 Å². The largest absolute Gasteiger partial charge is 0.468 e. The van der Waals surface area contributed by atoms with E-state index in [-0.39, 0.29) is 5.97 Å². The summed E-state index contributed by atoms with van der Waals surface area (Å²) in [5.41, 5.74) is -0.682.